The number of fused-ring (bicyclic) bond motifs is 1. The number of benzene rings is 1. The van der Waals surface area contributed by atoms with Crippen molar-refractivity contribution in [2.75, 3.05) is 18.0 Å². The first-order chi connectivity index (χ1) is 9.40. The van der Waals surface area contributed by atoms with Gasteiger partial charge in [0.25, 0.3) is 0 Å². The fraction of sp³-hybridized carbons (Fsp3) is 0.500. The quantitative estimate of drug-likeness (QED) is 0.549. The van der Waals surface area contributed by atoms with E-state index in [1.807, 2.05) is 0 Å². The molecule has 0 spiro atoms. The van der Waals surface area contributed by atoms with Gasteiger partial charge in [-0.1, -0.05) is 32.9 Å². The van der Waals surface area contributed by atoms with Crippen molar-refractivity contribution in [3.63, 3.8) is 0 Å². The van der Waals surface area contributed by atoms with E-state index in [0.29, 0.717) is 0 Å². The summed E-state index contributed by atoms with van der Waals surface area (Å²) in [6.07, 6.45) is 2.30. The molecule has 1 heterocycles. The molecule has 0 saturated carbocycles. The van der Waals surface area contributed by atoms with Gasteiger partial charge in [-0.05, 0) is 25.3 Å². The van der Waals surface area contributed by atoms with Crippen molar-refractivity contribution in [3.8, 4) is 0 Å². The molecule has 0 saturated heterocycles. The molecule has 0 amide bonds. The predicted molar refractivity (Wildman–Crippen MR) is 87.4 cm³/mol. The summed E-state index contributed by atoms with van der Waals surface area (Å²) in [5.41, 5.74) is 4.25. The van der Waals surface area contributed by atoms with Crippen LogP contribution >= 0.6 is 0 Å². The van der Waals surface area contributed by atoms with Gasteiger partial charge in [-0.3, -0.25) is 0 Å². The van der Waals surface area contributed by atoms with Crippen LogP contribution in [0, 0.1) is 0 Å². The van der Waals surface area contributed by atoms with Crippen LogP contribution in [0.15, 0.2) is 30.5 Å². The highest BCUT2D eigenvalue weighted by atomic mass is 127. The summed E-state index contributed by atoms with van der Waals surface area (Å²) in [5, 5.41) is 1.35. The lowest BCUT2D eigenvalue weighted by atomic mass is 9.85. The molecule has 3 heteroatoms. The second-order valence-corrected chi connectivity index (χ2v) is 6.44. The van der Waals surface area contributed by atoms with E-state index in [2.05, 4.69) is 81.6 Å². The average molecular weight is 398 g/mol. The maximum atomic E-state index is 2.48. The number of nitrogens with zero attached hydrogens (tertiary/aromatic N) is 2. The number of pyridine rings is 1. The third-order valence-corrected chi connectivity index (χ3v) is 4.00. The Morgan fingerprint density at radius 2 is 1.62 bits per heavy atom. The predicted octanol–water partition coefficient (Wildman–Crippen LogP) is 0.812. The molecule has 0 unspecified atom stereocenters. The van der Waals surface area contributed by atoms with Crippen LogP contribution in [0.4, 0.5) is 5.69 Å². The van der Waals surface area contributed by atoms with Crippen LogP contribution in [0.1, 0.15) is 40.2 Å². The number of hydrogen-bond donors (Lipinski definition) is 0. The van der Waals surface area contributed by atoms with E-state index in [-0.39, 0.29) is 29.4 Å². The first-order valence-electron chi connectivity index (χ1n) is 7.57. The van der Waals surface area contributed by atoms with Gasteiger partial charge in [0.2, 0.25) is 5.52 Å². The molecule has 0 radical (unpaired) electrons. The normalized spacial score (nSPS) is 11.3. The number of anilines is 1. The third-order valence-electron chi connectivity index (χ3n) is 4.00. The summed E-state index contributed by atoms with van der Waals surface area (Å²) in [4.78, 5) is 2.48. The van der Waals surface area contributed by atoms with E-state index in [4.69, 9.17) is 0 Å². The lowest BCUT2D eigenvalue weighted by Gasteiger charge is -2.29. The molecular formula is C18H27IN2. The van der Waals surface area contributed by atoms with Gasteiger partial charge in [-0.25, -0.2) is 4.57 Å². The molecule has 0 bridgehead atoms. The summed E-state index contributed by atoms with van der Waals surface area (Å²) < 4.78 is 2.25. The van der Waals surface area contributed by atoms with Gasteiger partial charge in [0.15, 0.2) is 6.20 Å². The third kappa shape index (κ3) is 3.50. The Kier molecular flexibility index (Phi) is 6.02. The number of aryl methyl sites for hydroxylation is 1. The number of hydrogen-bond acceptors (Lipinski definition) is 1. The van der Waals surface area contributed by atoms with E-state index in [1.165, 1.54) is 22.2 Å². The minimum Gasteiger partial charge on any atom is -1.00 e. The van der Waals surface area contributed by atoms with Crippen LogP contribution in [-0.2, 0) is 12.5 Å². The summed E-state index contributed by atoms with van der Waals surface area (Å²) in [6.45, 7) is 13.4. The van der Waals surface area contributed by atoms with E-state index in [9.17, 15) is 0 Å². The van der Waals surface area contributed by atoms with Crippen molar-refractivity contribution < 1.29 is 28.5 Å². The Bertz CT molecular complexity index is 610. The Morgan fingerprint density at radius 1 is 1.05 bits per heavy atom. The van der Waals surface area contributed by atoms with Gasteiger partial charge < -0.3 is 28.9 Å². The maximum Gasteiger partial charge on any atom is 0.214 e. The summed E-state index contributed by atoms with van der Waals surface area (Å²) in [6, 6.07) is 8.71. The van der Waals surface area contributed by atoms with Crippen LogP contribution in [-0.4, -0.2) is 13.1 Å². The van der Waals surface area contributed by atoms with Crippen molar-refractivity contribution in [2.45, 2.75) is 40.0 Å². The standard InChI is InChI=1S/C18H27N2.HI/c1-7-20(8-2)17-14-11-9-10-12-16(14)19(6)13-15(17)18(3,4)5;/h9-13H,7-8H2,1-6H3;1H/q+1;/p-1. The van der Waals surface area contributed by atoms with E-state index in [1.54, 1.807) is 0 Å². The SMILES string of the molecule is CCN(CC)c1c(C(C)(C)C)c[n+](C)c2ccccc12.[I-]. The molecule has 2 rings (SSSR count). The zero-order valence-electron chi connectivity index (χ0n) is 14.1. The van der Waals surface area contributed by atoms with Crippen molar-refractivity contribution >= 4 is 16.6 Å². The fourth-order valence-electron chi connectivity index (χ4n) is 2.88. The van der Waals surface area contributed by atoms with Gasteiger partial charge in [0.1, 0.15) is 7.05 Å². The number of halogens is 1. The molecule has 0 atom stereocenters. The fourth-order valence-corrected chi connectivity index (χ4v) is 2.88. The van der Waals surface area contributed by atoms with Crippen LogP contribution in [0.3, 0.4) is 0 Å². The van der Waals surface area contributed by atoms with Crippen molar-refractivity contribution in [1.82, 2.24) is 0 Å². The molecule has 2 aromatic rings. The number of rotatable bonds is 3. The molecule has 0 N–H and O–H groups in total. The van der Waals surface area contributed by atoms with Crippen LogP contribution < -0.4 is 33.4 Å². The molecule has 116 valence electrons. The van der Waals surface area contributed by atoms with E-state index in [0.717, 1.165) is 13.1 Å². The maximum absolute atomic E-state index is 2.48. The van der Waals surface area contributed by atoms with Crippen molar-refractivity contribution in [1.29, 1.82) is 0 Å². The monoisotopic (exact) mass is 398 g/mol. The average Bonchev–Trinajstić information content (AvgIpc) is 2.41. The van der Waals surface area contributed by atoms with Gasteiger partial charge in [0, 0.05) is 24.7 Å². The minimum atomic E-state index is 0. The minimum absolute atomic E-state index is 0. The van der Waals surface area contributed by atoms with Gasteiger partial charge in [0.05, 0.1) is 11.1 Å². The lowest BCUT2D eigenvalue weighted by Crippen LogP contribution is -3.00. The Balaban J connectivity index is 0.00000220. The molecule has 0 aliphatic rings. The first kappa shape index (κ1) is 18.2. The highest BCUT2D eigenvalue weighted by Crippen LogP contribution is 2.36. The highest BCUT2D eigenvalue weighted by Gasteiger charge is 2.27. The second-order valence-electron chi connectivity index (χ2n) is 6.44. The Labute approximate surface area is 146 Å². The smallest absolute Gasteiger partial charge is 0.214 e. The Morgan fingerprint density at radius 3 is 2.14 bits per heavy atom. The van der Waals surface area contributed by atoms with E-state index >= 15 is 0 Å². The number of para-hydroxylation sites is 1. The molecule has 2 nitrogen and oxygen atoms in total. The first-order valence-corrected chi connectivity index (χ1v) is 7.57. The van der Waals surface area contributed by atoms with Crippen LogP contribution in [0.25, 0.3) is 10.9 Å². The van der Waals surface area contributed by atoms with Crippen LogP contribution in [0.5, 0.6) is 0 Å². The molecular weight excluding hydrogens is 371 g/mol. The van der Waals surface area contributed by atoms with Crippen molar-refractivity contribution in [2.24, 2.45) is 7.05 Å². The molecule has 1 aromatic heterocycles. The van der Waals surface area contributed by atoms with Gasteiger partial charge in [-0.15, -0.1) is 0 Å². The van der Waals surface area contributed by atoms with Gasteiger partial charge >= 0.3 is 0 Å². The zero-order chi connectivity index (χ0) is 14.9. The van der Waals surface area contributed by atoms with Crippen molar-refractivity contribution in [3.05, 3.63) is 36.0 Å². The second kappa shape index (κ2) is 6.95. The summed E-state index contributed by atoms with van der Waals surface area (Å²) in [7, 11) is 2.14. The Hall–Kier alpha value is -0.840. The molecule has 0 aliphatic heterocycles. The topological polar surface area (TPSA) is 7.12 Å². The highest BCUT2D eigenvalue weighted by molar-refractivity contribution is 5.91. The van der Waals surface area contributed by atoms with Crippen LogP contribution in [0.2, 0.25) is 0 Å². The zero-order valence-corrected chi connectivity index (χ0v) is 16.2. The molecule has 21 heavy (non-hydrogen) atoms. The summed E-state index contributed by atoms with van der Waals surface area (Å²) >= 11 is 0. The molecule has 0 fully saturated rings. The largest absolute Gasteiger partial charge is 1.00 e. The molecule has 0 aliphatic carbocycles. The number of aromatic nitrogens is 1. The van der Waals surface area contributed by atoms with Gasteiger partial charge in [-0.2, -0.15) is 0 Å². The summed E-state index contributed by atoms with van der Waals surface area (Å²) in [5.74, 6) is 0. The lowest BCUT2D eigenvalue weighted by molar-refractivity contribution is -0.645. The molecule has 1 aromatic carbocycles. The van der Waals surface area contributed by atoms with E-state index < -0.39 is 0 Å².